The molecular weight excluding hydrogens is 567 g/mol. The lowest BCUT2D eigenvalue weighted by Gasteiger charge is -2.39. The third-order valence-electron chi connectivity index (χ3n) is 8.57. The van der Waals surface area contributed by atoms with E-state index in [0.29, 0.717) is 36.8 Å². The number of hydrogen-bond acceptors (Lipinski definition) is 1. The maximum Gasteiger partial charge on any atom is 0.400 e. The molecule has 2 saturated carbocycles. The lowest BCUT2D eigenvalue weighted by molar-refractivity contribution is -0.224. The quantitative estimate of drug-likeness (QED) is 0.108. The minimum absolute atomic E-state index is 0.334. The van der Waals surface area contributed by atoms with Crippen molar-refractivity contribution in [1.29, 1.82) is 0 Å². The van der Waals surface area contributed by atoms with Crippen LogP contribution in [0.3, 0.4) is 0 Å². The van der Waals surface area contributed by atoms with E-state index in [-0.39, 0.29) is 0 Å². The molecule has 0 N–H and O–H groups in total. The maximum absolute atomic E-state index is 14.6. The third kappa shape index (κ3) is 19.0. The second-order valence-electron chi connectivity index (χ2n) is 11.9. The molecule has 2 fully saturated rings. The lowest BCUT2D eigenvalue weighted by atomic mass is 9.68. The van der Waals surface area contributed by atoms with Gasteiger partial charge < -0.3 is 4.74 Å². The summed E-state index contributed by atoms with van der Waals surface area (Å²) in [6.45, 7) is 18.9. The van der Waals surface area contributed by atoms with Crippen LogP contribution in [0.25, 0.3) is 0 Å². The van der Waals surface area contributed by atoms with E-state index in [2.05, 4.69) is 39.4 Å². The number of ether oxygens (including phenoxy) is 1. The summed E-state index contributed by atoms with van der Waals surface area (Å²) < 4.78 is 73.4. The van der Waals surface area contributed by atoms with Crippen molar-refractivity contribution in [3.63, 3.8) is 0 Å². The van der Waals surface area contributed by atoms with E-state index in [4.69, 9.17) is 0 Å². The molecule has 2 aliphatic rings. The standard InChI is InChI=1S/C24H33F5O.2C4H10.C4H8.C2H6/c1-2-3-4-5-16-6-8-17(9-7-16)18-10-12-19(13-11-18)24(28,29)30-20-14-21(25)23(27)22(26)15-20;3*1-3-4-2;1-2/h14-19H,2-13H2,1H3;2*3-4H2,1-2H3;3-4H,1-2H3;1-2H3/b;;;4-3-;. The van der Waals surface area contributed by atoms with Crippen LogP contribution in [0.15, 0.2) is 24.3 Å². The summed E-state index contributed by atoms with van der Waals surface area (Å²) in [5, 5.41) is 0. The molecule has 0 heterocycles. The largest absolute Gasteiger partial charge is 0.432 e. The molecule has 44 heavy (non-hydrogen) atoms. The predicted molar refractivity (Wildman–Crippen MR) is 180 cm³/mol. The van der Waals surface area contributed by atoms with Gasteiger partial charge in [-0.2, -0.15) is 8.78 Å². The molecule has 0 unspecified atom stereocenters. The Morgan fingerprint density at radius 2 is 1.07 bits per heavy atom. The highest BCUT2D eigenvalue weighted by Gasteiger charge is 2.45. The molecule has 0 bridgehead atoms. The van der Waals surface area contributed by atoms with Crippen molar-refractivity contribution in [2.75, 3.05) is 0 Å². The second kappa shape index (κ2) is 27.7. The zero-order valence-electron chi connectivity index (χ0n) is 29.7. The molecule has 6 heteroatoms. The number of benzene rings is 1. The molecule has 0 radical (unpaired) electrons. The van der Waals surface area contributed by atoms with Crippen LogP contribution in [0, 0.1) is 41.1 Å². The molecule has 0 atom stereocenters. The van der Waals surface area contributed by atoms with Gasteiger partial charge in [0.25, 0.3) is 0 Å². The summed E-state index contributed by atoms with van der Waals surface area (Å²) in [5.74, 6) is -4.48. The first-order valence-electron chi connectivity index (χ1n) is 17.8. The summed E-state index contributed by atoms with van der Waals surface area (Å²) >= 11 is 0. The first-order chi connectivity index (χ1) is 21.0. The molecule has 0 saturated heterocycles. The van der Waals surface area contributed by atoms with Crippen molar-refractivity contribution in [1.82, 2.24) is 0 Å². The van der Waals surface area contributed by atoms with Crippen LogP contribution >= 0.6 is 0 Å². The van der Waals surface area contributed by atoms with Crippen LogP contribution in [0.2, 0.25) is 0 Å². The molecule has 0 aliphatic heterocycles. The van der Waals surface area contributed by atoms with Crippen LogP contribution in [-0.2, 0) is 0 Å². The fraction of sp³-hybridized carbons (Fsp3) is 0.789. The van der Waals surface area contributed by atoms with Gasteiger partial charge in [-0.05, 0) is 70.1 Å². The Morgan fingerprint density at radius 3 is 1.43 bits per heavy atom. The van der Waals surface area contributed by atoms with E-state index >= 15 is 0 Å². The number of hydrogen-bond donors (Lipinski definition) is 0. The van der Waals surface area contributed by atoms with Gasteiger partial charge in [-0.3, -0.25) is 0 Å². The molecule has 260 valence electrons. The molecule has 3 rings (SSSR count). The molecule has 0 amide bonds. The van der Waals surface area contributed by atoms with Crippen molar-refractivity contribution in [3.8, 4) is 5.75 Å². The number of alkyl halides is 2. The Kier molecular flexibility index (Phi) is 28.0. The van der Waals surface area contributed by atoms with E-state index in [0.717, 1.165) is 18.8 Å². The summed E-state index contributed by atoms with van der Waals surface area (Å²) in [7, 11) is 0. The van der Waals surface area contributed by atoms with Gasteiger partial charge in [-0.25, -0.2) is 13.2 Å². The van der Waals surface area contributed by atoms with Crippen LogP contribution < -0.4 is 4.74 Å². The average molecular weight is 635 g/mol. The normalized spacial score (nSPS) is 21.3. The van der Waals surface area contributed by atoms with E-state index in [1.54, 1.807) is 0 Å². The van der Waals surface area contributed by atoms with E-state index in [1.807, 2.05) is 39.8 Å². The molecule has 1 aromatic carbocycles. The molecule has 1 aromatic rings. The van der Waals surface area contributed by atoms with Gasteiger partial charge >= 0.3 is 6.11 Å². The highest BCUT2D eigenvalue weighted by Crippen LogP contribution is 2.46. The topological polar surface area (TPSA) is 9.23 Å². The van der Waals surface area contributed by atoms with Crippen LogP contribution in [0.5, 0.6) is 5.75 Å². The summed E-state index contributed by atoms with van der Waals surface area (Å²) in [6, 6.07) is 0.938. The van der Waals surface area contributed by atoms with Gasteiger partial charge in [0, 0.05) is 12.1 Å². The predicted octanol–water partition coefficient (Wildman–Crippen LogP) is 14.5. The molecular formula is C38H67F5O. The van der Waals surface area contributed by atoms with E-state index in [9.17, 15) is 22.0 Å². The Bertz CT molecular complexity index is 774. The number of unbranched alkanes of at least 4 members (excludes halogenated alkanes) is 4. The van der Waals surface area contributed by atoms with Crippen LogP contribution in [-0.4, -0.2) is 6.11 Å². The molecule has 1 nitrogen and oxygen atoms in total. The zero-order valence-corrected chi connectivity index (χ0v) is 29.7. The van der Waals surface area contributed by atoms with Crippen molar-refractivity contribution in [2.45, 2.75) is 171 Å². The van der Waals surface area contributed by atoms with Gasteiger partial charge in [0.05, 0.1) is 5.92 Å². The maximum atomic E-state index is 14.6. The summed E-state index contributed by atoms with van der Waals surface area (Å²) in [6.07, 6.45) is 18.0. The monoisotopic (exact) mass is 635 g/mol. The first-order valence-corrected chi connectivity index (χ1v) is 17.8. The fourth-order valence-corrected chi connectivity index (χ4v) is 5.39. The van der Waals surface area contributed by atoms with Gasteiger partial charge in [-0.15, -0.1) is 0 Å². The Balaban J connectivity index is 0. The Morgan fingerprint density at radius 1 is 0.659 bits per heavy atom. The van der Waals surface area contributed by atoms with E-state index in [1.165, 1.54) is 77.0 Å². The minimum atomic E-state index is -3.53. The zero-order chi connectivity index (χ0) is 34.0. The minimum Gasteiger partial charge on any atom is -0.432 e. The smallest absolute Gasteiger partial charge is 0.400 e. The van der Waals surface area contributed by atoms with Gasteiger partial charge in [0.2, 0.25) is 0 Å². The highest BCUT2D eigenvalue weighted by atomic mass is 19.3. The van der Waals surface area contributed by atoms with Crippen LogP contribution in [0.1, 0.15) is 165 Å². The SMILES string of the molecule is C/C=C\C.CC.CCCC.CCCC.CCCCCC1CCC(C2CCC(C(F)(F)Oc3cc(F)c(F)c(F)c3)CC2)CC1. The molecule has 2 aliphatic carbocycles. The van der Waals surface area contributed by atoms with Crippen molar-refractivity contribution in [2.24, 2.45) is 23.7 Å². The number of halogens is 5. The third-order valence-corrected chi connectivity index (χ3v) is 8.57. The van der Waals surface area contributed by atoms with Crippen LogP contribution in [0.4, 0.5) is 22.0 Å². The number of rotatable bonds is 10. The summed E-state index contributed by atoms with van der Waals surface area (Å²) in [5.41, 5.74) is 0. The lowest BCUT2D eigenvalue weighted by Crippen LogP contribution is -2.38. The van der Waals surface area contributed by atoms with Crippen molar-refractivity contribution in [3.05, 3.63) is 41.7 Å². The average Bonchev–Trinajstić information content (AvgIpc) is 3.05. The van der Waals surface area contributed by atoms with Crippen molar-refractivity contribution < 1.29 is 26.7 Å². The highest BCUT2D eigenvalue weighted by molar-refractivity contribution is 5.25. The fourth-order valence-electron chi connectivity index (χ4n) is 5.39. The Hall–Kier alpha value is -1.59. The van der Waals surface area contributed by atoms with E-state index < -0.39 is 35.2 Å². The molecule has 0 aromatic heterocycles. The van der Waals surface area contributed by atoms with Gasteiger partial charge in [-0.1, -0.05) is 125 Å². The van der Waals surface area contributed by atoms with Crippen molar-refractivity contribution >= 4 is 0 Å². The molecule has 0 spiro atoms. The second-order valence-corrected chi connectivity index (χ2v) is 11.9. The van der Waals surface area contributed by atoms with Gasteiger partial charge in [0.15, 0.2) is 17.5 Å². The van der Waals surface area contributed by atoms with Gasteiger partial charge in [0.1, 0.15) is 5.75 Å². The first kappa shape index (κ1) is 44.5. The summed E-state index contributed by atoms with van der Waals surface area (Å²) in [4.78, 5) is 0. The Labute approximate surface area is 268 Å². The number of allylic oxidation sites excluding steroid dienone is 2.